The van der Waals surface area contributed by atoms with Gasteiger partial charge in [-0.15, -0.1) is 0 Å². The van der Waals surface area contributed by atoms with Gasteiger partial charge >= 0.3 is 0 Å². The second kappa shape index (κ2) is 7.45. The van der Waals surface area contributed by atoms with Crippen molar-refractivity contribution in [3.63, 3.8) is 0 Å². The van der Waals surface area contributed by atoms with Gasteiger partial charge in [0.2, 0.25) is 0 Å². The van der Waals surface area contributed by atoms with Crippen molar-refractivity contribution in [2.75, 3.05) is 49.6 Å². The minimum atomic E-state index is 0.345. The summed E-state index contributed by atoms with van der Waals surface area (Å²) in [5.41, 5.74) is 2.63. The molecule has 2 atom stereocenters. The summed E-state index contributed by atoms with van der Waals surface area (Å²) in [7, 11) is 0. The highest BCUT2D eigenvalue weighted by Gasteiger charge is 2.19. The SMILES string of the molecule is C[C@H](NC[C@H]1CNc2ccnn2C1)c1ccc(N2CCOCC2)cc1. The third-order valence-electron chi connectivity index (χ3n) is 5.20. The lowest BCUT2D eigenvalue weighted by molar-refractivity contribution is 0.122. The number of aromatic nitrogens is 2. The molecule has 1 aromatic carbocycles. The summed E-state index contributed by atoms with van der Waals surface area (Å²) in [5, 5.41) is 11.5. The van der Waals surface area contributed by atoms with Gasteiger partial charge in [0.05, 0.1) is 19.4 Å². The number of fused-ring (bicyclic) bond motifs is 1. The fourth-order valence-electron chi connectivity index (χ4n) is 3.58. The van der Waals surface area contributed by atoms with E-state index in [-0.39, 0.29) is 0 Å². The van der Waals surface area contributed by atoms with Gasteiger partial charge in [-0.1, -0.05) is 12.1 Å². The second-order valence-corrected chi connectivity index (χ2v) is 6.97. The van der Waals surface area contributed by atoms with Crippen LogP contribution in [0.15, 0.2) is 36.5 Å². The molecule has 1 saturated heterocycles. The Morgan fingerprint density at radius 1 is 1.24 bits per heavy atom. The summed E-state index contributed by atoms with van der Waals surface area (Å²) in [6.45, 7) is 8.82. The van der Waals surface area contributed by atoms with Crippen LogP contribution in [0.2, 0.25) is 0 Å². The molecule has 0 radical (unpaired) electrons. The van der Waals surface area contributed by atoms with Crippen LogP contribution in [0.1, 0.15) is 18.5 Å². The van der Waals surface area contributed by atoms with Crippen molar-refractivity contribution in [1.29, 1.82) is 0 Å². The molecule has 0 saturated carbocycles. The van der Waals surface area contributed by atoms with E-state index in [1.54, 1.807) is 0 Å². The van der Waals surface area contributed by atoms with Gasteiger partial charge in [-0.05, 0) is 24.6 Å². The standard InChI is InChI=1S/C19H27N5O/c1-15(20-12-16-13-21-19-6-7-22-24(19)14-16)17-2-4-18(5-3-17)23-8-10-25-11-9-23/h2-7,15-16,20-21H,8-14H2,1H3/t15-,16-/m0/s1. The number of ether oxygens (including phenoxy) is 1. The largest absolute Gasteiger partial charge is 0.378 e. The molecule has 0 aliphatic carbocycles. The number of nitrogens with one attached hydrogen (secondary N) is 2. The minimum Gasteiger partial charge on any atom is -0.378 e. The zero-order valence-electron chi connectivity index (χ0n) is 14.8. The van der Waals surface area contributed by atoms with Crippen LogP contribution in [0, 0.1) is 5.92 Å². The molecule has 6 nitrogen and oxygen atoms in total. The first-order chi connectivity index (χ1) is 12.3. The lowest BCUT2D eigenvalue weighted by Crippen LogP contribution is -2.36. The highest BCUT2D eigenvalue weighted by atomic mass is 16.5. The van der Waals surface area contributed by atoms with Gasteiger partial charge in [0.25, 0.3) is 0 Å². The minimum absolute atomic E-state index is 0.345. The fourth-order valence-corrected chi connectivity index (χ4v) is 3.58. The predicted molar refractivity (Wildman–Crippen MR) is 100 cm³/mol. The molecular weight excluding hydrogens is 314 g/mol. The van der Waals surface area contributed by atoms with Crippen LogP contribution in [-0.4, -0.2) is 49.2 Å². The zero-order valence-corrected chi connectivity index (χ0v) is 14.8. The molecule has 0 spiro atoms. The summed E-state index contributed by atoms with van der Waals surface area (Å²) in [6, 6.07) is 11.3. The fraction of sp³-hybridized carbons (Fsp3) is 0.526. The van der Waals surface area contributed by atoms with Crippen molar-refractivity contribution in [3.05, 3.63) is 42.1 Å². The van der Waals surface area contributed by atoms with Crippen LogP contribution in [0.25, 0.3) is 0 Å². The molecule has 3 heterocycles. The van der Waals surface area contributed by atoms with Crippen molar-refractivity contribution in [3.8, 4) is 0 Å². The number of morpholine rings is 1. The van der Waals surface area contributed by atoms with Crippen molar-refractivity contribution in [2.45, 2.75) is 19.5 Å². The Morgan fingerprint density at radius 2 is 2.04 bits per heavy atom. The molecule has 2 aromatic rings. The van der Waals surface area contributed by atoms with Crippen molar-refractivity contribution in [2.24, 2.45) is 5.92 Å². The normalized spacial score (nSPS) is 21.5. The number of nitrogens with zero attached hydrogens (tertiary/aromatic N) is 3. The van der Waals surface area contributed by atoms with E-state index in [2.05, 4.69) is 56.5 Å². The second-order valence-electron chi connectivity index (χ2n) is 6.97. The molecule has 1 fully saturated rings. The van der Waals surface area contributed by atoms with Crippen LogP contribution in [0.3, 0.4) is 0 Å². The van der Waals surface area contributed by atoms with Crippen molar-refractivity contribution in [1.82, 2.24) is 15.1 Å². The lowest BCUT2D eigenvalue weighted by Gasteiger charge is -2.29. The molecule has 1 aromatic heterocycles. The summed E-state index contributed by atoms with van der Waals surface area (Å²) in [5.74, 6) is 1.69. The highest BCUT2D eigenvalue weighted by molar-refractivity contribution is 5.48. The first kappa shape index (κ1) is 16.4. The molecule has 0 unspecified atom stereocenters. The smallest absolute Gasteiger partial charge is 0.124 e. The third kappa shape index (κ3) is 3.80. The van der Waals surface area contributed by atoms with Crippen molar-refractivity contribution >= 4 is 11.5 Å². The van der Waals surface area contributed by atoms with Crippen LogP contribution >= 0.6 is 0 Å². The van der Waals surface area contributed by atoms with Gasteiger partial charge in [-0.25, -0.2) is 4.68 Å². The summed E-state index contributed by atoms with van der Waals surface area (Å²) < 4.78 is 7.48. The van der Waals surface area contributed by atoms with E-state index in [4.69, 9.17) is 4.74 Å². The molecule has 2 N–H and O–H groups in total. The Morgan fingerprint density at radius 3 is 2.84 bits per heavy atom. The molecule has 2 aliphatic rings. The number of benzene rings is 1. The van der Waals surface area contributed by atoms with Gasteiger partial charge in [0.15, 0.2) is 0 Å². The van der Waals surface area contributed by atoms with E-state index >= 15 is 0 Å². The van der Waals surface area contributed by atoms with Crippen LogP contribution in [-0.2, 0) is 11.3 Å². The van der Waals surface area contributed by atoms with E-state index in [9.17, 15) is 0 Å². The average Bonchev–Trinajstić information content (AvgIpc) is 3.15. The number of hydrogen-bond donors (Lipinski definition) is 2. The third-order valence-corrected chi connectivity index (χ3v) is 5.20. The highest BCUT2D eigenvalue weighted by Crippen LogP contribution is 2.21. The molecule has 134 valence electrons. The van der Waals surface area contributed by atoms with E-state index in [1.807, 2.05) is 12.3 Å². The number of hydrogen-bond acceptors (Lipinski definition) is 5. The Bertz CT molecular complexity index is 677. The molecule has 0 amide bonds. The quantitative estimate of drug-likeness (QED) is 0.872. The van der Waals surface area contributed by atoms with E-state index in [0.717, 1.165) is 51.8 Å². The maximum absolute atomic E-state index is 5.43. The summed E-state index contributed by atoms with van der Waals surface area (Å²) in [4.78, 5) is 2.39. The Labute approximate surface area is 149 Å². The first-order valence-corrected chi connectivity index (χ1v) is 9.21. The van der Waals surface area contributed by atoms with Gasteiger partial charge in [-0.2, -0.15) is 5.10 Å². The van der Waals surface area contributed by atoms with Crippen LogP contribution in [0.5, 0.6) is 0 Å². The average molecular weight is 341 g/mol. The van der Waals surface area contributed by atoms with Crippen LogP contribution < -0.4 is 15.5 Å². The van der Waals surface area contributed by atoms with Gasteiger partial charge in [-0.3, -0.25) is 0 Å². The Hall–Kier alpha value is -2.05. The predicted octanol–water partition coefficient (Wildman–Crippen LogP) is 2.11. The van der Waals surface area contributed by atoms with Gasteiger partial charge < -0.3 is 20.3 Å². The molecule has 6 heteroatoms. The Balaban J connectivity index is 1.30. The summed E-state index contributed by atoms with van der Waals surface area (Å²) >= 11 is 0. The summed E-state index contributed by atoms with van der Waals surface area (Å²) in [6.07, 6.45) is 1.86. The zero-order chi connectivity index (χ0) is 17.1. The van der Waals surface area contributed by atoms with Gasteiger partial charge in [0.1, 0.15) is 5.82 Å². The van der Waals surface area contributed by atoms with E-state index < -0.39 is 0 Å². The van der Waals surface area contributed by atoms with E-state index in [1.165, 1.54) is 11.3 Å². The first-order valence-electron chi connectivity index (χ1n) is 9.21. The van der Waals surface area contributed by atoms with E-state index in [0.29, 0.717) is 12.0 Å². The monoisotopic (exact) mass is 341 g/mol. The maximum Gasteiger partial charge on any atom is 0.124 e. The molecule has 2 aliphatic heterocycles. The number of anilines is 2. The van der Waals surface area contributed by atoms with Crippen molar-refractivity contribution < 1.29 is 4.74 Å². The molecule has 25 heavy (non-hydrogen) atoms. The topological polar surface area (TPSA) is 54.4 Å². The lowest BCUT2D eigenvalue weighted by atomic mass is 10.0. The number of rotatable bonds is 5. The molecule has 4 rings (SSSR count). The van der Waals surface area contributed by atoms with Crippen LogP contribution in [0.4, 0.5) is 11.5 Å². The molecule has 0 bridgehead atoms. The maximum atomic E-state index is 5.43. The molecular formula is C19H27N5O. The van der Waals surface area contributed by atoms with Gasteiger partial charge in [0, 0.05) is 56.4 Å². The Kier molecular flexibility index (Phi) is 4.90.